The molecule has 6 heteroatoms. The molecule has 1 aromatic carbocycles. The van der Waals surface area contributed by atoms with Gasteiger partial charge in [0.2, 0.25) is 0 Å². The van der Waals surface area contributed by atoms with Crippen LogP contribution in [0.1, 0.15) is 16.1 Å². The van der Waals surface area contributed by atoms with Gasteiger partial charge in [-0.15, -0.1) is 0 Å². The van der Waals surface area contributed by atoms with Crippen molar-refractivity contribution in [1.29, 1.82) is 0 Å². The normalized spacial score (nSPS) is 11.3. The molecule has 0 aliphatic rings. The van der Waals surface area contributed by atoms with Gasteiger partial charge < -0.3 is 5.73 Å². The van der Waals surface area contributed by atoms with Gasteiger partial charge in [0.15, 0.2) is 0 Å². The molecule has 2 aromatic rings. The molecule has 1 aromatic heterocycles. The first-order chi connectivity index (χ1) is 8.89. The van der Waals surface area contributed by atoms with E-state index in [1.807, 2.05) is 0 Å². The van der Waals surface area contributed by atoms with Gasteiger partial charge in [0.05, 0.1) is 5.56 Å². The van der Waals surface area contributed by atoms with Crippen molar-refractivity contribution in [3.8, 4) is 11.1 Å². The monoisotopic (exact) mass is 266 g/mol. The average Bonchev–Trinajstić information content (AvgIpc) is 2.38. The quantitative estimate of drug-likeness (QED) is 0.908. The van der Waals surface area contributed by atoms with Gasteiger partial charge in [-0.3, -0.25) is 9.78 Å². The summed E-state index contributed by atoms with van der Waals surface area (Å²) in [6.45, 7) is 0. The number of nitrogens with zero attached hydrogens (tertiary/aromatic N) is 1. The van der Waals surface area contributed by atoms with Gasteiger partial charge in [0, 0.05) is 11.8 Å². The zero-order valence-corrected chi connectivity index (χ0v) is 9.61. The van der Waals surface area contributed by atoms with E-state index in [1.165, 1.54) is 30.5 Å². The number of nitrogens with two attached hydrogens (primary N) is 1. The van der Waals surface area contributed by atoms with Gasteiger partial charge in [-0.25, -0.2) is 0 Å². The number of rotatable bonds is 2. The highest BCUT2D eigenvalue weighted by Crippen LogP contribution is 2.32. The zero-order valence-electron chi connectivity index (χ0n) is 9.61. The third kappa shape index (κ3) is 2.73. The molecule has 1 amide bonds. The van der Waals surface area contributed by atoms with E-state index in [9.17, 15) is 18.0 Å². The molecule has 2 N–H and O–H groups in total. The summed E-state index contributed by atoms with van der Waals surface area (Å²) in [5, 5.41) is 0. The molecule has 0 saturated carbocycles. The zero-order chi connectivity index (χ0) is 14.0. The number of hydrogen-bond acceptors (Lipinski definition) is 2. The van der Waals surface area contributed by atoms with Crippen LogP contribution in [0, 0.1) is 0 Å². The van der Waals surface area contributed by atoms with Crippen LogP contribution in [-0.2, 0) is 6.18 Å². The molecule has 0 spiro atoms. The van der Waals surface area contributed by atoms with Crippen molar-refractivity contribution in [2.24, 2.45) is 5.73 Å². The lowest BCUT2D eigenvalue weighted by Gasteiger charge is -2.10. The van der Waals surface area contributed by atoms with Crippen LogP contribution < -0.4 is 5.73 Å². The van der Waals surface area contributed by atoms with Crippen molar-refractivity contribution < 1.29 is 18.0 Å². The molecule has 0 unspecified atom stereocenters. The molecule has 3 nitrogen and oxygen atoms in total. The second kappa shape index (κ2) is 4.72. The highest BCUT2D eigenvalue weighted by molar-refractivity contribution is 5.97. The van der Waals surface area contributed by atoms with Crippen LogP contribution in [0.15, 0.2) is 42.6 Å². The standard InChI is InChI=1S/C13H9F3N2O/c14-13(15,16)9-4-1-3-8(7-9)10-5-2-6-18-11(10)12(17)19/h1-7H,(H2,17,19). The Bertz CT molecular complexity index is 623. The Hall–Kier alpha value is -2.37. The lowest BCUT2D eigenvalue weighted by molar-refractivity contribution is -0.137. The highest BCUT2D eigenvalue weighted by atomic mass is 19.4. The van der Waals surface area contributed by atoms with Crippen LogP contribution in [0.5, 0.6) is 0 Å². The van der Waals surface area contributed by atoms with Crippen molar-refractivity contribution in [1.82, 2.24) is 4.98 Å². The molecule has 0 saturated heterocycles. The van der Waals surface area contributed by atoms with Crippen molar-refractivity contribution in [3.05, 3.63) is 53.9 Å². The number of carbonyl (C=O) groups is 1. The Morgan fingerprint density at radius 1 is 1.16 bits per heavy atom. The lowest BCUT2D eigenvalue weighted by Crippen LogP contribution is -2.14. The second-order valence-corrected chi connectivity index (χ2v) is 3.84. The summed E-state index contributed by atoms with van der Waals surface area (Å²) in [6, 6.07) is 7.70. The summed E-state index contributed by atoms with van der Waals surface area (Å²) >= 11 is 0. The minimum absolute atomic E-state index is 0.0539. The fourth-order valence-corrected chi connectivity index (χ4v) is 1.70. The summed E-state index contributed by atoms with van der Waals surface area (Å²) in [5.41, 5.74) is 4.84. The van der Waals surface area contributed by atoms with Gasteiger partial charge in [-0.05, 0) is 23.8 Å². The Kier molecular flexibility index (Phi) is 3.25. The van der Waals surface area contributed by atoms with Crippen LogP contribution in [0.2, 0.25) is 0 Å². The SMILES string of the molecule is NC(=O)c1ncccc1-c1cccc(C(F)(F)F)c1. The van der Waals surface area contributed by atoms with E-state index in [-0.39, 0.29) is 16.8 Å². The van der Waals surface area contributed by atoms with E-state index in [1.54, 1.807) is 0 Å². The highest BCUT2D eigenvalue weighted by Gasteiger charge is 2.30. The van der Waals surface area contributed by atoms with E-state index in [0.717, 1.165) is 12.1 Å². The molecule has 0 fully saturated rings. The summed E-state index contributed by atoms with van der Waals surface area (Å²) in [6.07, 6.45) is -3.08. The number of benzene rings is 1. The van der Waals surface area contributed by atoms with E-state index < -0.39 is 17.6 Å². The van der Waals surface area contributed by atoms with Crippen molar-refractivity contribution in [2.45, 2.75) is 6.18 Å². The second-order valence-electron chi connectivity index (χ2n) is 3.84. The summed E-state index contributed by atoms with van der Waals surface area (Å²) < 4.78 is 37.9. The van der Waals surface area contributed by atoms with Crippen LogP contribution in [0.3, 0.4) is 0 Å². The molecule has 19 heavy (non-hydrogen) atoms. The van der Waals surface area contributed by atoms with E-state index >= 15 is 0 Å². The maximum atomic E-state index is 12.6. The third-order valence-electron chi connectivity index (χ3n) is 2.54. The van der Waals surface area contributed by atoms with Crippen LogP contribution in [0.4, 0.5) is 13.2 Å². The minimum atomic E-state index is -4.44. The Morgan fingerprint density at radius 2 is 1.89 bits per heavy atom. The van der Waals surface area contributed by atoms with Crippen LogP contribution >= 0.6 is 0 Å². The summed E-state index contributed by atoms with van der Waals surface area (Å²) in [4.78, 5) is 15.0. The summed E-state index contributed by atoms with van der Waals surface area (Å²) in [5.74, 6) is -0.784. The first-order valence-electron chi connectivity index (χ1n) is 5.32. The number of amides is 1. The largest absolute Gasteiger partial charge is 0.416 e. The molecule has 98 valence electrons. The Balaban J connectivity index is 2.57. The number of alkyl halides is 3. The van der Waals surface area contributed by atoms with Crippen molar-refractivity contribution in [2.75, 3.05) is 0 Å². The number of hydrogen-bond donors (Lipinski definition) is 1. The molecule has 0 aliphatic heterocycles. The molecule has 0 bridgehead atoms. The van der Waals surface area contributed by atoms with E-state index in [4.69, 9.17) is 5.73 Å². The number of primary amides is 1. The molecule has 2 rings (SSSR count). The average molecular weight is 266 g/mol. The lowest BCUT2D eigenvalue weighted by atomic mass is 10.0. The number of carbonyl (C=O) groups excluding carboxylic acids is 1. The first kappa shape index (κ1) is 13.1. The van der Waals surface area contributed by atoms with Gasteiger partial charge >= 0.3 is 6.18 Å². The van der Waals surface area contributed by atoms with E-state index in [0.29, 0.717) is 0 Å². The molecular formula is C13H9F3N2O. The van der Waals surface area contributed by atoms with Crippen LogP contribution in [-0.4, -0.2) is 10.9 Å². The third-order valence-corrected chi connectivity index (χ3v) is 2.54. The fourth-order valence-electron chi connectivity index (χ4n) is 1.70. The predicted octanol–water partition coefficient (Wildman–Crippen LogP) is 2.87. The fraction of sp³-hybridized carbons (Fsp3) is 0.0769. The van der Waals surface area contributed by atoms with Crippen LogP contribution in [0.25, 0.3) is 11.1 Å². The van der Waals surface area contributed by atoms with E-state index in [2.05, 4.69) is 4.98 Å². The molecule has 0 radical (unpaired) electrons. The smallest absolute Gasteiger partial charge is 0.364 e. The number of pyridine rings is 1. The van der Waals surface area contributed by atoms with Gasteiger partial charge in [-0.1, -0.05) is 18.2 Å². The van der Waals surface area contributed by atoms with Gasteiger partial charge in [-0.2, -0.15) is 13.2 Å². The number of halogens is 3. The summed E-state index contributed by atoms with van der Waals surface area (Å²) in [7, 11) is 0. The minimum Gasteiger partial charge on any atom is -0.364 e. The predicted molar refractivity (Wildman–Crippen MR) is 63.2 cm³/mol. The molecular weight excluding hydrogens is 257 g/mol. The van der Waals surface area contributed by atoms with Gasteiger partial charge in [0.25, 0.3) is 5.91 Å². The maximum Gasteiger partial charge on any atom is 0.416 e. The van der Waals surface area contributed by atoms with Crippen molar-refractivity contribution in [3.63, 3.8) is 0 Å². The Labute approximate surface area is 106 Å². The Morgan fingerprint density at radius 3 is 2.53 bits per heavy atom. The van der Waals surface area contributed by atoms with Gasteiger partial charge in [0.1, 0.15) is 5.69 Å². The van der Waals surface area contributed by atoms with Crippen molar-refractivity contribution >= 4 is 5.91 Å². The molecule has 0 atom stereocenters. The molecule has 1 heterocycles. The maximum absolute atomic E-state index is 12.6. The number of aromatic nitrogens is 1. The topological polar surface area (TPSA) is 56.0 Å². The molecule has 0 aliphatic carbocycles. The first-order valence-corrected chi connectivity index (χ1v) is 5.32.